The first-order chi connectivity index (χ1) is 7.35. The maximum atomic E-state index is 5.31. The predicted molar refractivity (Wildman–Crippen MR) is 59.0 cm³/mol. The molecule has 2 rings (SSSR count). The Morgan fingerprint density at radius 1 is 1.60 bits per heavy atom. The quantitative estimate of drug-likeness (QED) is 0.792. The number of rotatable bonds is 4. The Labute approximate surface area is 93.8 Å². The molecule has 5 heteroatoms. The van der Waals surface area contributed by atoms with Gasteiger partial charge in [-0.3, -0.25) is 0 Å². The molecule has 0 saturated carbocycles. The SMILES string of the molecule is CC[C@@H](SC)c1nc([C@H]2CCOC2)no1. The summed E-state index contributed by atoms with van der Waals surface area (Å²) < 4.78 is 10.6. The lowest BCUT2D eigenvalue weighted by Crippen LogP contribution is -2.00. The maximum Gasteiger partial charge on any atom is 0.239 e. The Kier molecular flexibility index (Phi) is 3.64. The van der Waals surface area contributed by atoms with Crippen LogP contribution in [0.2, 0.25) is 0 Å². The fourth-order valence-electron chi connectivity index (χ4n) is 1.72. The second kappa shape index (κ2) is 4.99. The molecule has 0 radical (unpaired) electrons. The first-order valence-electron chi connectivity index (χ1n) is 5.29. The zero-order valence-corrected chi connectivity index (χ0v) is 9.92. The lowest BCUT2D eigenvalue weighted by molar-refractivity contribution is 0.192. The molecule has 15 heavy (non-hydrogen) atoms. The monoisotopic (exact) mass is 228 g/mol. The highest BCUT2D eigenvalue weighted by molar-refractivity contribution is 7.98. The van der Waals surface area contributed by atoms with E-state index in [9.17, 15) is 0 Å². The van der Waals surface area contributed by atoms with Crippen LogP contribution in [-0.2, 0) is 4.74 Å². The van der Waals surface area contributed by atoms with E-state index in [0.717, 1.165) is 37.8 Å². The lowest BCUT2D eigenvalue weighted by Gasteiger charge is -2.04. The van der Waals surface area contributed by atoms with Crippen molar-refractivity contribution in [1.82, 2.24) is 10.1 Å². The van der Waals surface area contributed by atoms with E-state index in [2.05, 4.69) is 23.3 Å². The van der Waals surface area contributed by atoms with E-state index in [4.69, 9.17) is 9.26 Å². The summed E-state index contributed by atoms with van der Waals surface area (Å²) in [6.45, 7) is 3.67. The van der Waals surface area contributed by atoms with Gasteiger partial charge in [-0.05, 0) is 19.1 Å². The number of thioether (sulfide) groups is 1. The number of aromatic nitrogens is 2. The van der Waals surface area contributed by atoms with Gasteiger partial charge in [0.15, 0.2) is 5.82 Å². The van der Waals surface area contributed by atoms with E-state index >= 15 is 0 Å². The molecule has 1 fully saturated rings. The summed E-state index contributed by atoms with van der Waals surface area (Å²) in [5.74, 6) is 1.91. The zero-order valence-electron chi connectivity index (χ0n) is 9.10. The van der Waals surface area contributed by atoms with Crippen LogP contribution in [0.5, 0.6) is 0 Å². The van der Waals surface area contributed by atoms with Gasteiger partial charge in [0.05, 0.1) is 11.9 Å². The minimum absolute atomic E-state index is 0.327. The van der Waals surface area contributed by atoms with Crippen LogP contribution < -0.4 is 0 Å². The minimum atomic E-state index is 0.327. The molecule has 1 aliphatic rings. The molecule has 0 spiro atoms. The van der Waals surface area contributed by atoms with E-state index in [1.165, 1.54) is 0 Å². The highest BCUT2D eigenvalue weighted by Crippen LogP contribution is 2.30. The van der Waals surface area contributed by atoms with Crippen LogP contribution in [-0.4, -0.2) is 29.6 Å². The van der Waals surface area contributed by atoms with Gasteiger partial charge in [-0.15, -0.1) is 0 Å². The third-order valence-electron chi connectivity index (χ3n) is 2.68. The molecule has 1 aromatic rings. The Morgan fingerprint density at radius 2 is 2.47 bits per heavy atom. The maximum absolute atomic E-state index is 5.31. The molecule has 0 aromatic carbocycles. The Hall–Kier alpha value is -0.550. The van der Waals surface area contributed by atoms with Crippen molar-refractivity contribution in [2.75, 3.05) is 19.5 Å². The van der Waals surface area contributed by atoms with Crippen LogP contribution in [0.1, 0.15) is 42.6 Å². The predicted octanol–water partition coefficient (Wildman–Crippen LogP) is 2.39. The molecule has 0 aliphatic carbocycles. The second-order valence-corrected chi connectivity index (χ2v) is 4.72. The van der Waals surface area contributed by atoms with Crippen LogP contribution in [0.3, 0.4) is 0 Å². The van der Waals surface area contributed by atoms with E-state index in [1.807, 2.05) is 0 Å². The molecule has 1 saturated heterocycles. The summed E-state index contributed by atoms with van der Waals surface area (Å²) in [5, 5.41) is 4.36. The van der Waals surface area contributed by atoms with Gasteiger partial charge in [-0.25, -0.2) is 0 Å². The molecule has 0 amide bonds. The number of nitrogens with zero attached hydrogens (tertiary/aromatic N) is 2. The first-order valence-corrected chi connectivity index (χ1v) is 6.58. The molecule has 4 nitrogen and oxygen atoms in total. The summed E-state index contributed by atoms with van der Waals surface area (Å²) >= 11 is 1.75. The van der Waals surface area contributed by atoms with Crippen LogP contribution >= 0.6 is 11.8 Å². The van der Waals surface area contributed by atoms with Crippen LogP contribution in [0, 0.1) is 0 Å². The van der Waals surface area contributed by atoms with Gasteiger partial charge in [-0.2, -0.15) is 16.7 Å². The number of hydrogen-bond acceptors (Lipinski definition) is 5. The summed E-state index contributed by atoms with van der Waals surface area (Å²) in [6, 6.07) is 0. The van der Waals surface area contributed by atoms with Gasteiger partial charge in [0, 0.05) is 12.5 Å². The molecular formula is C10H16N2O2S. The highest BCUT2D eigenvalue weighted by atomic mass is 32.2. The highest BCUT2D eigenvalue weighted by Gasteiger charge is 2.24. The van der Waals surface area contributed by atoms with Crippen LogP contribution in [0.4, 0.5) is 0 Å². The normalized spacial score (nSPS) is 23.2. The van der Waals surface area contributed by atoms with Crippen molar-refractivity contribution in [3.8, 4) is 0 Å². The third-order valence-corrected chi connectivity index (χ3v) is 3.79. The molecule has 84 valence electrons. The Morgan fingerprint density at radius 3 is 3.07 bits per heavy atom. The van der Waals surface area contributed by atoms with Gasteiger partial charge in [-0.1, -0.05) is 12.1 Å². The third kappa shape index (κ3) is 2.34. The fourth-order valence-corrected chi connectivity index (χ4v) is 2.35. The Balaban J connectivity index is 2.08. The van der Waals surface area contributed by atoms with Crippen molar-refractivity contribution in [2.45, 2.75) is 30.9 Å². The summed E-state index contributed by atoms with van der Waals surface area (Å²) in [5.41, 5.74) is 0. The number of ether oxygens (including phenoxy) is 1. The Bertz CT molecular complexity index is 290. The van der Waals surface area contributed by atoms with Crippen LogP contribution in [0.15, 0.2) is 4.52 Å². The average Bonchev–Trinajstić information content (AvgIpc) is 2.89. The topological polar surface area (TPSA) is 48.2 Å². The van der Waals surface area contributed by atoms with Crippen molar-refractivity contribution in [3.63, 3.8) is 0 Å². The van der Waals surface area contributed by atoms with Gasteiger partial charge < -0.3 is 9.26 Å². The molecule has 0 N–H and O–H groups in total. The van der Waals surface area contributed by atoms with Crippen molar-refractivity contribution in [2.24, 2.45) is 0 Å². The molecular weight excluding hydrogens is 212 g/mol. The first kappa shape index (κ1) is 11.0. The van der Waals surface area contributed by atoms with Crippen molar-refractivity contribution >= 4 is 11.8 Å². The molecule has 2 heterocycles. The zero-order chi connectivity index (χ0) is 10.7. The second-order valence-electron chi connectivity index (χ2n) is 3.68. The summed E-state index contributed by atoms with van der Waals surface area (Å²) in [4.78, 5) is 4.46. The summed E-state index contributed by atoms with van der Waals surface area (Å²) in [6.07, 6.45) is 4.09. The van der Waals surface area contributed by atoms with E-state index < -0.39 is 0 Å². The largest absolute Gasteiger partial charge is 0.381 e. The molecule has 1 aromatic heterocycles. The number of hydrogen-bond donors (Lipinski definition) is 0. The molecule has 1 aliphatic heterocycles. The van der Waals surface area contributed by atoms with Crippen molar-refractivity contribution in [3.05, 3.63) is 11.7 Å². The van der Waals surface area contributed by atoms with Gasteiger partial charge in [0.25, 0.3) is 0 Å². The standard InChI is InChI=1S/C10H16N2O2S/c1-3-8(15-2)10-11-9(12-14-10)7-4-5-13-6-7/h7-8H,3-6H2,1-2H3/t7-,8+/m0/s1. The average molecular weight is 228 g/mol. The van der Waals surface area contributed by atoms with Gasteiger partial charge >= 0.3 is 0 Å². The molecule has 0 unspecified atom stereocenters. The van der Waals surface area contributed by atoms with E-state index in [1.54, 1.807) is 11.8 Å². The molecule has 0 bridgehead atoms. The van der Waals surface area contributed by atoms with Crippen LogP contribution in [0.25, 0.3) is 0 Å². The van der Waals surface area contributed by atoms with Crippen molar-refractivity contribution < 1.29 is 9.26 Å². The minimum Gasteiger partial charge on any atom is -0.381 e. The fraction of sp³-hybridized carbons (Fsp3) is 0.800. The lowest BCUT2D eigenvalue weighted by atomic mass is 10.1. The van der Waals surface area contributed by atoms with E-state index in [-0.39, 0.29) is 0 Å². The van der Waals surface area contributed by atoms with Gasteiger partial charge in [0.1, 0.15) is 0 Å². The molecule has 2 atom stereocenters. The summed E-state index contributed by atoms with van der Waals surface area (Å²) in [7, 11) is 0. The smallest absolute Gasteiger partial charge is 0.239 e. The van der Waals surface area contributed by atoms with Crippen molar-refractivity contribution in [1.29, 1.82) is 0 Å². The van der Waals surface area contributed by atoms with Gasteiger partial charge in [0.2, 0.25) is 5.89 Å². The van der Waals surface area contributed by atoms with E-state index in [0.29, 0.717) is 11.2 Å².